The van der Waals surface area contributed by atoms with Crippen LogP contribution < -0.4 is 14.2 Å². The number of hydrogen-bond donors (Lipinski definition) is 0. The first-order chi connectivity index (χ1) is 12.6. The highest BCUT2D eigenvalue weighted by Crippen LogP contribution is 2.28. The highest BCUT2D eigenvalue weighted by atomic mass is 16.5. The van der Waals surface area contributed by atoms with Crippen molar-refractivity contribution in [3.8, 4) is 17.2 Å². The molecule has 0 aliphatic carbocycles. The number of ether oxygens (including phenoxy) is 3. The van der Waals surface area contributed by atoms with Crippen LogP contribution in [0.25, 0.3) is 0 Å². The molecule has 0 fully saturated rings. The smallest absolute Gasteiger partial charge is 0.260 e. The van der Waals surface area contributed by atoms with Gasteiger partial charge in [0.1, 0.15) is 12.0 Å². The van der Waals surface area contributed by atoms with Crippen molar-refractivity contribution in [3.05, 3.63) is 53.6 Å². The molecule has 0 bridgehead atoms. The fourth-order valence-corrected chi connectivity index (χ4v) is 2.41. The number of carbonyl (C=O) groups excluding carboxylic acids is 2. The van der Waals surface area contributed by atoms with E-state index in [1.807, 2.05) is 31.2 Å². The Bertz CT molecular complexity index is 760. The van der Waals surface area contributed by atoms with Gasteiger partial charge in [0.15, 0.2) is 18.1 Å². The molecule has 2 aromatic rings. The largest absolute Gasteiger partial charge is 0.496 e. The average Bonchev–Trinajstić information content (AvgIpc) is 2.67. The standard InChI is InChI=1S/C20H23NO5/c1-4-25-19-11-15(13-22)9-10-18(19)26-14-20(23)21(2)12-16-7-5-6-8-17(16)24-3/h5-11,13H,4,12,14H2,1-3H3. The maximum absolute atomic E-state index is 12.4. The molecule has 0 aliphatic rings. The molecule has 26 heavy (non-hydrogen) atoms. The van der Waals surface area contributed by atoms with Gasteiger partial charge in [0.05, 0.1) is 13.7 Å². The molecule has 0 atom stereocenters. The van der Waals surface area contributed by atoms with E-state index in [0.29, 0.717) is 30.2 Å². The Hall–Kier alpha value is -3.02. The van der Waals surface area contributed by atoms with Gasteiger partial charge in [-0.3, -0.25) is 9.59 Å². The molecule has 0 aromatic heterocycles. The topological polar surface area (TPSA) is 65.1 Å². The normalized spacial score (nSPS) is 10.1. The summed E-state index contributed by atoms with van der Waals surface area (Å²) in [6.45, 7) is 2.55. The lowest BCUT2D eigenvalue weighted by Crippen LogP contribution is -2.31. The monoisotopic (exact) mass is 357 g/mol. The SMILES string of the molecule is CCOc1cc(C=O)ccc1OCC(=O)N(C)Cc1ccccc1OC. The first-order valence-electron chi connectivity index (χ1n) is 8.29. The van der Waals surface area contributed by atoms with Gasteiger partial charge in [-0.25, -0.2) is 0 Å². The number of likely N-dealkylation sites (N-methyl/N-ethyl adjacent to an activating group) is 1. The van der Waals surface area contributed by atoms with Crippen molar-refractivity contribution in [3.63, 3.8) is 0 Å². The van der Waals surface area contributed by atoms with Gasteiger partial charge < -0.3 is 19.1 Å². The van der Waals surface area contributed by atoms with Gasteiger partial charge in [0.25, 0.3) is 5.91 Å². The molecular weight excluding hydrogens is 334 g/mol. The van der Waals surface area contributed by atoms with Crippen LogP contribution in [0.2, 0.25) is 0 Å². The molecule has 0 saturated carbocycles. The van der Waals surface area contributed by atoms with Crippen molar-refractivity contribution in [2.45, 2.75) is 13.5 Å². The minimum absolute atomic E-state index is 0.133. The zero-order chi connectivity index (χ0) is 18.9. The lowest BCUT2D eigenvalue weighted by atomic mass is 10.2. The van der Waals surface area contributed by atoms with Gasteiger partial charge in [-0.1, -0.05) is 18.2 Å². The molecule has 0 saturated heterocycles. The Labute approximate surface area is 153 Å². The molecule has 1 amide bonds. The Kier molecular flexibility index (Phi) is 7.02. The summed E-state index contributed by atoms with van der Waals surface area (Å²) < 4.78 is 16.4. The van der Waals surface area contributed by atoms with Crippen molar-refractivity contribution in [1.29, 1.82) is 0 Å². The predicted molar refractivity (Wildman–Crippen MR) is 98.0 cm³/mol. The van der Waals surface area contributed by atoms with Crippen LogP contribution in [0.15, 0.2) is 42.5 Å². The number of methoxy groups -OCH3 is 1. The predicted octanol–water partition coefficient (Wildman–Crippen LogP) is 2.94. The van der Waals surface area contributed by atoms with E-state index in [1.54, 1.807) is 37.3 Å². The molecule has 6 nitrogen and oxygen atoms in total. The summed E-state index contributed by atoms with van der Waals surface area (Å²) in [5, 5.41) is 0. The van der Waals surface area contributed by atoms with Crippen molar-refractivity contribution in [2.75, 3.05) is 27.4 Å². The fourth-order valence-electron chi connectivity index (χ4n) is 2.41. The Morgan fingerprint density at radius 2 is 1.85 bits per heavy atom. The van der Waals surface area contributed by atoms with Crippen LogP contribution >= 0.6 is 0 Å². The molecule has 138 valence electrons. The third-order valence-electron chi connectivity index (χ3n) is 3.78. The van der Waals surface area contributed by atoms with E-state index < -0.39 is 0 Å². The second-order valence-corrected chi connectivity index (χ2v) is 5.61. The molecule has 0 N–H and O–H groups in total. The van der Waals surface area contributed by atoms with E-state index in [0.717, 1.165) is 17.6 Å². The van der Waals surface area contributed by atoms with Gasteiger partial charge in [0, 0.05) is 24.7 Å². The summed E-state index contributed by atoms with van der Waals surface area (Å²) >= 11 is 0. The molecule has 6 heteroatoms. The third kappa shape index (κ3) is 4.99. The van der Waals surface area contributed by atoms with Gasteiger partial charge in [-0.05, 0) is 31.2 Å². The number of rotatable bonds is 9. The van der Waals surface area contributed by atoms with Crippen LogP contribution in [-0.2, 0) is 11.3 Å². The molecule has 0 radical (unpaired) electrons. The fraction of sp³-hybridized carbons (Fsp3) is 0.300. The zero-order valence-corrected chi connectivity index (χ0v) is 15.2. The number of amides is 1. The van der Waals surface area contributed by atoms with Crippen LogP contribution in [-0.4, -0.2) is 44.5 Å². The number of para-hydroxylation sites is 1. The van der Waals surface area contributed by atoms with Crippen molar-refractivity contribution >= 4 is 12.2 Å². The summed E-state index contributed by atoms with van der Waals surface area (Å²) in [5.41, 5.74) is 1.40. The second kappa shape index (κ2) is 9.46. The van der Waals surface area contributed by atoms with Gasteiger partial charge in [-0.15, -0.1) is 0 Å². The van der Waals surface area contributed by atoms with Crippen molar-refractivity contribution in [1.82, 2.24) is 4.90 Å². The lowest BCUT2D eigenvalue weighted by molar-refractivity contribution is -0.132. The number of aldehydes is 1. The molecular formula is C20H23NO5. The summed E-state index contributed by atoms with van der Waals surface area (Å²) in [6.07, 6.45) is 0.735. The number of nitrogens with zero attached hydrogens (tertiary/aromatic N) is 1. The first kappa shape index (κ1) is 19.3. The van der Waals surface area contributed by atoms with Crippen LogP contribution in [0.1, 0.15) is 22.8 Å². The third-order valence-corrected chi connectivity index (χ3v) is 3.78. The van der Waals surface area contributed by atoms with E-state index in [1.165, 1.54) is 0 Å². The number of hydrogen-bond acceptors (Lipinski definition) is 5. The summed E-state index contributed by atoms with van der Waals surface area (Å²) in [4.78, 5) is 24.8. The Morgan fingerprint density at radius 1 is 1.08 bits per heavy atom. The number of benzene rings is 2. The zero-order valence-electron chi connectivity index (χ0n) is 15.2. The molecule has 0 aliphatic heterocycles. The van der Waals surface area contributed by atoms with Gasteiger partial charge in [-0.2, -0.15) is 0 Å². The average molecular weight is 357 g/mol. The quantitative estimate of drug-likeness (QED) is 0.646. The maximum atomic E-state index is 12.4. The van der Waals surface area contributed by atoms with Gasteiger partial charge in [0.2, 0.25) is 0 Å². The molecule has 0 unspecified atom stereocenters. The van der Waals surface area contributed by atoms with E-state index in [4.69, 9.17) is 14.2 Å². The Morgan fingerprint density at radius 3 is 2.54 bits per heavy atom. The van der Waals surface area contributed by atoms with E-state index in [9.17, 15) is 9.59 Å². The highest BCUT2D eigenvalue weighted by Gasteiger charge is 2.14. The van der Waals surface area contributed by atoms with Gasteiger partial charge >= 0.3 is 0 Å². The maximum Gasteiger partial charge on any atom is 0.260 e. The molecule has 0 heterocycles. The minimum Gasteiger partial charge on any atom is -0.496 e. The molecule has 0 spiro atoms. The lowest BCUT2D eigenvalue weighted by Gasteiger charge is -2.19. The van der Waals surface area contributed by atoms with Crippen LogP contribution in [0.4, 0.5) is 0 Å². The van der Waals surface area contributed by atoms with E-state index in [2.05, 4.69) is 0 Å². The summed E-state index contributed by atoms with van der Waals surface area (Å²) in [7, 11) is 3.30. The minimum atomic E-state index is -0.183. The number of carbonyl (C=O) groups is 2. The highest BCUT2D eigenvalue weighted by molar-refractivity contribution is 5.78. The summed E-state index contributed by atoms with van der Waals surface area (Å²) in [6, 6.07) is 12.4. The van der Waals surface area contributed by atoms with E-state index >= 15 is 0 Å². The molecule has 2 aromatic carbocycles. The van der Waals surface area contributed by atoms with Crippen molar-refractivity contribution < 1.29 is 23.8 Å². The second-order valence-electron chi connectivity index (χ2n) is 5.61. The van der Waals surface area contributed by atoms with Crippen molar-refractivity contribution in [2.24, 2.45) is 0 Å². The van der Waals surface area contributed by atoms with Crippen LogP contribution in [0, 0.1) is 0 Å². The van der Waals surface area contributed by atoms with Crippen LogP contribution in [0.3, 0.4) is 0 Å². The summed E-state index contributed by atoms with van der Waals surface area (Å²) in [5.74, 6) is 1.42. The Balaban J connectivity index is 2.00. The van der Waals surface area contributed by atoms with E-state index in [-0.39, 0.29) is 12.5 Å². The first-order valence-corrected chi connectivity index (χ1v) is 8.29. The molecule has 2 rings (SSSR count). The van der Waals surface area contributed by atoms with Crippen LogP contribution in [0.5, 0.6) is 17.2 Å².